The van der Waals surface area contributed by atoms with Gasteiger partial charge in [0.15, 0.2) is 5.41 Å². The molecule has 0 radical (unpaired) electrons. The number of carbonyl (C=O) groups excluding carboxylic acids is 1. The predicted molar refractivity (Wildman–Crippen MR) is 78.8 cm³/mol. The molecule has 1 rings (SSSR count). The smallest absolute Gasteiger partial charge is 0.459 e. The third-order valence-electron chi connectivity index (χ3n) is 4.07. The summed E-state index contributed by atoms with van der Waals surface area (Å²) >= 11 is 0. The van der Waals surface area contributed by atoms with E-state index in [2.05, 4.69) is 9.47 Å². The Morgan fingerprint density at radius 1 is 1.04 bits per heavy atom. The molecular formula is C16H25F5O4. The van der Waals surface area contributed by atoms with Crippen LogP contribution in [-0.4, -0.2) is 36.2 Å². The zero-order valence-corrected chi connectivity index (χ0v) is 15.4. The van der Waals surface area contributed by atoms with Crippen LogP contribution < -0.4 is 0 Å². The number of hydrogen-bond donors (Lipinski definition) is 0. The molecule has 0 aromatic carbocycles. The van der Waals surface area contributed by atoms with Gasteiger partial charge >= 0.3 is 18.4 Å². The monoisotopic (exact) mass is 376 g/mol. The molecule has 1 heterocycles. The molecule has 0 bridgehead atoms. The molecule has 0 aromatic rings. The van der Waals surface area contributed by atoms with E-state index in [0.29, 0.717) is 6.92 Å². The van der Waals surface area contributed by atoms with Gasteiger partial charge in [-0.25, -0.2) is 0 Å². The third kappa shape index (κ3) is 5.03. The van der Waals surface area contributed by atoms with Crippen molar-refractivity contribution < 1.29 is 41.0 Å². The summed E-state index contributed by atoms with van der Waals surface area (Å²) in [4.78, 5) is 12.3. The first-order valence-electron chi connectivity index (χ1n) is 7.84. The van der Waals surface area contributed by atoms with Gasteiger partial charge in [-0.2, -0.15) is 13.2 Å². The van der Waals surface area contributed by atoms with E-state index < -0.39 is 53.5 Å². The number of esters is 1. The van der Waals surface area contributed by atoms with Crippen molar-refractivity contribution in [2.75, 3.05) is 0 Å². The first-order valence-corrected chi connectivity index (χ1v) is 7.84. The molecule has 0 N–H and O–H groups in total. The SMILES string of the molecule is CC1OC(F)(F)OC1C(C)(C)CC(C)(C(=O)OC(C)(C)C)C(F)(F)F. The zero-order valence-electron chi connectivity index (χ0n) is 15.4. The number of halogens is 5. The highest BCUT2D eigenvalue weighted by Crippen LogP contribution is 2.51. The maximum absolute atomic E-state index is 13.7. The quantitative estimate of drug-likeness (QED) is 0.528. The highest BCUT2D eigenvalue weighted by Gasteiger charge is 2.63. The predicted octanol–water partition coefficient (Wildman–Crippen LogP) is 4.67. The van der Waals surface area contributed by atoms with Gasteiger partial charge in [0.1, 0.15) is 5.60 Å². The summed E-state index contributed by atoms with van der Waals surface area (Å²) in [7, 11) is 0. The van der Waals surface area contributed by atoms with Crippen molar-refractivity contribution >= 4 is 5.97 Å². The molecule has 1 aliphatic heterocycles. The van der Waals surface area contributed by atoms with Crippen molar-refractivity contribution in [3.05, 3.63) is 0 Å². The highest BCUT2D eigenvalue weighted by atomic mass is 19.4. The van der Waals surface area contributed by atoms with Crippen LogP contribution in [0.2, 0.25) is 0 Å². The van der Waals surface area contributed by atoms with Crippen LogP contribution in [0.4, 0.5) is 22.0 Å². The Morgan fingerprint density at radius 2 is 1.52 bits per heavy atom. The molecule has 148 valence electrons. The fourth-order valence-corrected chi connectivity index (χ4v) is 3.04. The van der Waals surface area contributed by atoms with E-state index in [0.717, 1.165) is 0 Å². The summed E-state index contributed by atoms with van der Waals surface area (Å²) in [6, 6.07) is 0. The van der Waals surface area contributed by atoms with E-state index in [1.54, 1.807) is 0 Å². The van der Waals surface area contributed by atoms with Gasteiger partial charge in [0.2, 0.25) is 0 Å². The maximum Gasteiger partial charge on any atom is 0.486 e. The summed E-state index contributed by atoms with van der Waals surface area (Å²) in [6.07, 6.45) is -12.1. The number of carbonyl (C=O) groups is 1. The van der Waals surface area contributed by atoms with Crippen LogP contribution in [-0.2, 0) is 19.0 Å². The Morgan fingerprint density at radius 3 is 1.84 bits per heavy atom. The van der Waals surface area contributed by atoms with Gasteiger partial charge in [-0.1, -0.05) is 13.8 Å². The molecule has 3 unspecified atom stereocenters. The van der Waals surface area contributed by atoms with Crippen molar-refractivity contribution in [3.8, 4) is 0 Å². The first kappa shape index (κ1) is 22.1. The van der Waals surface area contributed by atoms with Crippen molar-refractivity contribution in [1.29, 1.82) is 0 Å². The van der Waals surface area contributed by atoms with E-state index in [1.807, 2.05) is 0 Å². The van der Waals surface area contributed by atoms with E-state index in [4.69, 9.17) is 4.74 Å². The van der Waals surface area contributed by atoms with Crippen molar-refractivity contribution in [2.24, 2.45) is 10.8 Å². The molecule has 25 heavy (non-hydrogen) atoms. The van der Waals surface area contributed by atoms with E-state index in [1.165, 1.54) is 41.5 Å². The van der Waals surface area contributed by atoms with Crippen molar-refractivity contribution in [3.63, 3.8) is 0 Å². The molecule has 0 aromatic heterocycles. The Kier molecular flexibility index (Phi) is 5.59. The first-order chi connectivity index (χ1) is 10.8. The second-order valence-corrected chi connectivity index (χ2v) is 8.32. The van der Waals surface area contributed by atoms with Gasteiger partial charge in [0.25, 0.3) is 0 Å². The molecule has 0 amide bonds. The molecule has 0 spiro atoms. The molecule has 0 aliphatic carbocycles. The van der Waals surface area contributed by atoms with Crippen LogP contribution in [0.5, 0.6) is 0 Å². The molecule has 0 saturated carbocycles. The summed E-state index contributed by atoms with van der Waals surface area (Å²) < 4.78 is 81.3. The lowest BCUT2D eigenvalue weighted by molar-refractivity contribution is -0.355. The third-order valence-corrected chi connectivity index (χ3v) is 4.07. The lowest BCUT2D eigenvalue weighted by Crippen LogP contribution is -2.51. The van der Waals surface area contributed by atoms with Crippen LogP contribution in [0.15, 0.2) is 0 Å². The normalized spacial score (nSPS) is 27.0. The maximum atomic E-state index is 13.7. The van der Waals surface area contributed by atoms with Crippen LogP contribution in [0.3, 0.4) is 0 Å². The lowest BCUT2D eigenvalue weighted by atomic mass is 9.69. The van der Waals surface area contributed by atoms with E-state index >= 15 is 0 Å². The minimum absolute atomic E-state index is 0.710. The molecule has 4 nitrogen and oxygen atoms in total. The minimum Gasteiger partial charge on any atom is -0.459 e. The van der Waals surface area contributed by atoms with E-state index in [-0.39, 0.29) is 0 Å². The van der Waals surface area contributed by atoms with Crippen molar-refractivity contribution in [2.45, 2.75) is 85.2 Å². The standard InChI is InChI=1S/C16H25F5O4/c1-9-10(24-16(20,21)23-9)13(5,6)8-14(7,15(17,18)19)11(22)25-12(2,3)4/h9-10H,8H2,1-7H3. The molecule has 1 fully saturated rings. The van der Waals surface area contributed by atoms with Crippen molar-refractivity contribution in [1.82, 2.24) is 0 Å². The molecule has 9 heteroatoms. The van der Waals surface area contributed by atoms with Gasteiger partial charge < -0.3 is 4.74 Å². The molecule has 1 aliphatic rings. The number of ether oxygens (including phenoxy) is 3. The van der Waals surface area contributed by atoms with Crippen LogP contribution in [0, 0.1) is 10.8 Å². The average Bonchev–Trinajstić information content (AvgIpc) is 2.59. The fraction of sp³-hybridized carbons (Fsp3) is 0.938. The largest absolute Gasteiger partial charge is 0.486 e. The van der Waals surface area contributed by atoms with Gasteiger partial charge in [0, 0.05) is 0 Å². The average molecular weight is 376 g/mol. The highest BCUT2D eigenvalue weighted by molar-refractivity contribution is 5.78. The summed E-state index contributed by atoms with van der Waals surface area (Å²) in [5.74, 6) is -1.46. The number of rotatable bonds is 4. The Labute approximate surface area is 144 Å². The summed E-state index contributed by atoms with van der Waals surface area (Å²) in [5.41, 5.74) is -5.45. The van der Waals surface area contributed by atoms with E-state index in [9.17, 15) is 26.7 Å². The van der Waals surface area contributed by atoms with Gasteiger partial charge in [-0.15, -0.1) is 8.78 Å². The van der Waals surface area contributed by atoms with Gasteiger partial charge in [-0.3, -0.25) is 14.3 Å². The zero-order chi connectivity index (χ0) is 20.1. The van der Waals surface area contributed by atoms with Crippen LogP contribution in [0.25, 0.3) is 0 Å². The Bertz CT molecular complexity index is 510. The van der Waals surface area contributed by atoms with Gasteiger partial charge in [0.05, 0.1) is 12.2 Å². The molecule has 3 atom stereocenters. The fourth-order valence-electron chi connectivity index (χ4n) is 3.04. The second-order valence-electron chi connectivity index (χ2n) is 8.32. The Hall–Kier alpha value is -0.960. The lowest BCUT2D eigenvalue weighted by Gasteiger charge is -2.41. The summed E-state index contributed by atoms with van der Waals surface area (Å²) in [5, 5.41) is 0. The summed E-state index contributed by atoms with van der Waals surface area (Å²) in [6.45, 7) is 8.99. The number of hydrogen-bond acceptors (Lipinski definition) is 4. The molecular weight excluding hydrogens is 351 g/mol. The Balaban J connectivity index is 3.16. The second kappa shape index (κ2) is 6.33. The van der Waals surface area contributed by atoms with Gasteiger partial charge in [-0.05, 0) is 46.5 Å². The topological polar surface area (TPSA) is 44.8 Å². The molecule has 1 saturated heterocycles. The minimum atomic E-state index is -4.93. The van der Waals surface area contributed by atoms with Crippen LogP contribution in [0.1, 0.15) is 54.9 Å². The number of alkyl halides is 5. The van der Waals surface area contributed by atoms with Crippen LogP contribution >= 0.6 is 0 Å².